The number of carbonyl (C=O) groups is 4. The van der Waals surface area contributed by atoms with Gasteiger partial charge in [0.25, 0.3) is 6.01 Å². The number of nitrogens with zero attached hydrogens (tertiary/aromatic N) is 4. The zero-order chi connectivity index (χ0) is 38.2. The minimum Gasteiger partial charge on any atom is -0.459 e. The highest BCUT2D eigenvalue weighted by atomic mass is 32.2. The maximum atomic E-state index is 14.5. The Morgan fingerprint density at radius 3 is 2.52 bits per heavy atom. The first kappa shape index (κ1) is 39.2. The second-order valence-corrected chi connectivity index (χ2v) is 17.8. The fourth-order valence-corrected chi connectivity index (χ4v) is 7.79. The largest absolute Gasteiger partial charge is 0.459 e. The van der Waals surface area contributed by atoms with Gasteiger partial charge in [-0.1, -0.05) is 31.1 Å². The monoisotopic (exact) mass is 742 g/mol. The van der Waals surface area contributed by atoms with E-state index >= 15 is 0 Å². The molecule has 15 heteroatoms. The molecule has 0 spiro atoms. The summed E-state index contributed by atoms with van der Waals surface area (Å²) in [6.45, 7) is 11.3. The van der Waals surface area contributed by atoms with Gasteiger partial charge in [-0.15, -0.1) is 0 Å². The van der Waals surface area contributed by atoms with Crippen molar-refractivity contribution < 1.29 is 37.1 Å². The normalized spacial score (nSPS) is 26.7. The molecule has 1 aromatic heterocycles. The van der Waals surface area contributed by atoms with E-state index in [0.717, 1.165) is 33.7 Å². The summed E-state index contributed by atoms with van der Waals surface area (Å²) in [6.07, 6.45) is 5.93. The van der Waals surface area contributed by atoms with Crippen molar-refractivity contribution >= 4 is 44.9 Å². The smallest absolute Gasteiger partial charge is 0.408 e. The van der Waals surface area contributed by atoms with Crippen LogP contribution in [-0.2, 0) is 29.3 Å². The predicted octanol–water partition coefficient (Wildman–Crippen LogP) is 4.58. The van der Waals surface area contributed by atoms with Crippen LogP contribution in [-0.4, -0.2) is 95.3 Å². The van der Waals surface area contributed by atoms with E-state index in [2.05, 4.69) is 10.0 Å². The van der Waals surface area contributed by atoms with Gasteiger partial charge in [0.2, 0.25) is 11.8 Å². The molecule has 52 heavy (non-hydrogen) atoms. The number of ketones is 1. The Morgan fingerprint density at radius 2 is 1.85 bits per heavy atom. The van der Waals surface area contributed by atoms with Crippen molar-refractivity contribution in [2.24, 2.45) is 11.3 Å². The summed E-state index contributed by atoms with van der Waals surface area (Å²) in [5.74, 6) is -1.92. The maximum absolute atomic E-state index is 14.5. The third-order valence-corrected chi connectivity index (χ3v) is 11.4. The van der Waals surface area contributed by atoms with E-state index in [9.17, 15) is 27.6 Å². The Bertz CT molecular complexity index is 1830. The van der Waals surface area contributed by atoms with Gasteiger partial charge in [0.05, 0.1) is 29.0 Å². The van der Waals surface area contributed by atoms with Crippen LogP contribution in [0.25, 0.3) is 11.0 Å². The number of amides is 3. The van der Waals surface area contributed by atoms with Crippen molar-refractivity contribution in [3.05, 3.63) is 35.9 Å². The Labute approximate surface area is 306 Å². The van der Waals surface area contributed by atoms with Crippen LogP contribution in [0.4, 0.5) is 4.79 Å². The number of Topliss-reactive ketones (excluding diaryl/α,β-unsaturated/α-hetero) is 1. The van der Waals surface area contributed by atoms with Crippen LogP contribution in [0.1, 0.15) is 97.6 Å². The topological polar surface area (TPSA) is 169 Å². The lowest BCUT2D eigenvalue weighted by Gasteiger charge is -2.30. The lowest BCUT2D eigenvalue weighted by molar-refractivity contribution is -0.140. The van der Waals surface area contributed by atoms with E-state index in [1.165, 1.54) is 19.0 Å². The first-order chi connectivity index (χ1) is 24.3. The summed E-state index contributed by atoms with van der Waals surface area (Å²) in [7, 11) is -1.48. The molecule has 2 N–H and O–H groups in total. The summed E-state index contributed by atoms with van der Waals surface area (Å²) in [5.41, 5.74) is 0.621. The van der Waals surface area contributed by atoms with Crippen LogP contribution in [0.2, 0.25) is 0 Å². The molecule has 2 aromatic rings. The number of rotatable bonds is 7. The number of ether oxygens (including phenoxy) is 2. The lowest BCUT2D eigenvalue weighted by Crippen LogP contribution is -2.53. The molecule has 5 atom stereocenters. The van der Waals surface area contributed by atoms with E-state index in [1.54, 1.807) is 20.8 Å². The highest BCUT2D eigenvalue weighted by Gasteiger charge is 2.61. The molecule has 5 rings (SSSR count). The van der Waals surface area contributed by atoms with Gasteiger partial charge < -0.3 is 19.7 Å². The van der Waals surface area contributed by atoms with E-state index in [1.807, 2.05) is 55.7 Å². The van der Waals surface area contributed by atoms with E-state index in [4.69, 9.17) is 14.5 Å². The van der Waals surface area contributed by atoms with Gasteiger partial charge in [-0.2, -0.15) is 17.7 Å². The average molecular weight is 743 g/mol. The number of allylic oxidation sites excluding steroid dienone is 2. The lowest BCUT2D eigenvalue weighted by atomic mass is 9.91. The average Bonchev–Trinajstić information content (AvgIpc) is 3.37. The van der Waals surface area contributed by atoms with Gasteiger partial charge in [0.15, 0.2) is 5.78 Å². The molecule has 2 aliphatic heterocycles. The summed E-state index contributed by atoms with van der Waals surface area (Å²) in [5, 5.41) is 2.77. The number of aromatic nitrogens is 2. The highest BCUT2D eigenvalue weighted by molar-refractivity contribution is 7.87. The number of aryl methyl sites for hydroxylation is 1. The number of imidazole rings is 1. The molecular formula is C37H54N6O8S. The third kappa shape index (κ3) is 8.79. The Hall–Kier alpha value is -3.98. The molecule has 1 saturated carbocycles. The van der Waals surface area contributed by atoms with Crippen LogP contribution in [0.15, 0.2) is 30.4 Å². The molecule has 1 saturated heterocycles. The van der Waals surface area contributed by atoms with Crippen molar-refractivity contribution in [1.29, 1.82) is 0 Å². The number of nitrogens with one attached hydrogen (secondary N) is 2. The Kier molecular flexibility index (Phi) is 11.4. The van der Waals surface area contributed by atoms with Crippen molar-refractivity contribution in [3.8, 4) is 6.01 Å². The van der Waals surface area contributed by atoms with Crippen molar-refractivity contribution in [2.45, 2.75) is 123 Å². The molecule has 2 fully saturated rings. The molecule has 3 aliphatic rings. The summed E-state index contributed by atoms with van der Waals surface area (Å²) in [6, 6.07) is 4.37. The standard InChI is InChI=1S/C37H54N6O8S/c1-23(2)43-29-17-16-24(3)18-28(29)38-34(43)50-26-19-30-31(44)21-37(33(46)40-52(48,49)41(7)8)20-25(37)14-12-10-9-11-13-15-27(32(45)42(30)22-26)39-35(47)51-36(4,5)6/h12,14,16-18,23,25-27,30H,9-11,13,15,19-22H2,1-8H3,(H,39,47)(H,40,46)/b14-12-/t25-,26-,27+,30+,37-/m1/s1. The van der Waals surface area contributed by atoms with Gasteiger partial charge in [-0.05, 0) is 90.8 Å². The van der Waals surface area contributed by atoms with E-state index in [-0.39, 0.29) is 37.1 Å². The van der Waals surface area contributed by atoms with Gasteiger partial charge >= 0.3 is 16.3 Å². The second-order valence-electron chi connectivity index (χ2n) is 15.9. The van der Waals surface area contributed by atoms with E-state index in [0.29, 0.717) is 31.7 Å². The third-order valence-electron chi connectivity index (χ3n) is 10.0. The quantitative estimate of drug-likeness (QED) is 0.386. The molecule has 286 valence electrons. The summed E-state index contributed by atoms with van der Waals surface area (Å²) < 4.78 is 42.5. The number of hydrogen-bond donors (Lipinski definition) is 2. The first-order valence-electron chi connectivity index (χ1n) is 18.2. The molecule has 3 amide bonds. The van der Waals surface area contributed by atoms with Crippen molar-refractivity contribution in [2.75, 3.05) is 20.6 Å². The fraction of sp³-hybridized carbons (Fsp3) is 0.649. The number of benzene rings is 1. The molecule has 0 radical (unpaired) electrons. The molecule has 14 nitrogen and oxygen atoms in total. The molecule has 0 unspecified atom stereocenters. The van der Waals surface area contributed by atoms with Crippen LogP contribution in [0.3, 0.4) is 0 Å². The fourth-order valence-electron chi connectivity index (χ4n) is 7.17. The molecule has 3 heterocycles. The minimum atomic E-state index is -4.12. The van der Waals surface area contributed by atoms with Gasteiger partial charge in [0.1, 0.15) is 17.7 Å². The maximum Gasteiger partial charge on any atom is 0.408 e. The summed E-state index contributed by atoms with van der Waals surface area (Å²) >= 11 is 0. The zero-order valence-electron chi connectivity index (χ0n) is 31.6. The van der Waals surface area contributed by atoms with Crippen LogP contribution in [0.5, 0.6) is 6.01 Å². The Balaban J connectivity index is 1.50. The number of carbonyl (C=O) groups excluding carboxylic acids is 4. The number of alkyl carbamates (subject to hydrolysis) is 1. The van der Waals surface area contributed by atoms with Crippen molar-refractivity contribution in [1.82, 2.24) is 28.8 Å². The van der Waals surface area contributed by atoms with Gasteiger partial charge in [0, 0.05) is 33.0 Å². The molecule has 1 aromatic carbocycles. The second kappa shape index (κ2) is 15.2. The van der Waals surface area contributed by atoms with Crippen molar-refractivity contribution in [3.63, 3.8) is 0 Å². The van der Waals surface area contributed by atoms with Crippen LogP contribution in [0, 0.1) is 18.3 Å². The molecule has 1 aliphatic carbocycles. The Morgan fingerprint density at radius 1 is 1.12 bits per heavy atom. The first-order valence-corrected chi connectivity index (χ1v) is 19.6. The molecule has 0 bridgehead atoms. The van der Waals surface area contributed by atoms with Crippen LogP contribution >= 0.6 is 0 Å². The number of fused-ring (bicyclic) bond motifs is 3. The number of hydrogen-bond acceptors (Lipinski definition) is 9. The predicted molar refractivity (Wildman–Crippen MR) is 196 cm³/mol. The highest BCUT2D eigenvalue weighted by Crippen LogP contribution is 2.57. The van der Waals surface area contributed by atoms with E-state index < -0.39 is 57.3 Å². The van der Waals surface area contributed by atoms with Gasteiger partial charge in [-0.25, -0.2) is 9.52 Å². The minimum absolute atomic E-state index is 0.00286. The zero-order valence-corrected chi connectivity index (χ0v) is 32.4. The SMILES string of the molecule is Cc1ccc2c(c1)nc(O[C@@H]1C[C@H]3C(=O)C[C@]4(C(=O)NS(=O)(=O)N(C)C)C[C@H]4/C=C\CCCCC[C@H](NC(=O)OC(C)(C)C)C(=O)N3C1)n2C(C)C. The van der Waals surface area contributed by atoms with Gasteiger partial charge in [-0.3, -0.25) is 19.0 Å². The van der Waals surface area contributed by atoms with Crippen LogP contribution < -0.4 is 14.8 Å². The summed E-state index contributed by atoms with van der Waals surface area (Å²) in [4.78, 5) is 61.8. The molecular weight excluding hydrogens is 689 g/mol.